The minimum atomic E-state index is -0.754. The molecule has 1 rings (SSSR count). The molecule has 1 aromatic rings. The lowest BCUT2D eigenvalue weighted by Gasteiger charge is -2.06. The van der Waals surface area contributed by atoms with E-state index in [0.29, 0.717) is 11.1 Å². The summed E-state index contributed by atoms with van der Waals surface area (Å²) in [5, 5.41) is 0. The van der Waals surface area contributed by atoms with Crippen LogP contribution >= 0.6 is 15.9 Å². The molecule has 0 saturated carbocycles. The molecule has 0 aliphatic carbocycles. The lowest BCUT2D eigenvalue weighted by Crippen LogP contribution is -2.14. The number of hydrogen-bond acceptors (Lipinski definition) is 6. The molecule has 0 bridgehead atoms. The minimum absolute atomic E-state index is 0.00490. The Kier molecular flexibility index (Phi) is 8.90. The van der Waals surface area contributed by atoms with Crippen LogP contribution in [0.15, 0.2) is 19.8 Å². The molecule has 6 nitrogen and oxygen atoms in total. The molecule has 0 spiro atoms. The van der Waals surface area contributed by atoms with E-state index in [1.165, 1.54) is 20.3 Å². The highest BCUT2D eigenvalue weighted by molar-refractivity contribution is 9.10. The Bertz CT molecular complexity index is 454. The average molecular weight is 337 g/mol. The van der Waals surface area contributed by atoms with E-state index in [0.717, 1.165) is 0 Å². The standard InChI is InChI=1S/C10H11BrO6.C2H6/c1-14-3-4-16-8-6(11)5-7(9(12)15-2)17-10(8)13;1-2/h5H,3-4H2,1-2H3;1-2H3. The van der Waals surface area contributed by atoms with Gasteiger partial charge < -0.3 is 18.6 Å². The normalized spacial score (nSPS) is 9.32. The lowest BCUT2D eigenvalue weighted by molar-refractivity contribution is 0.0557. The van der Waals surface area contributed by atoms with Crippen molar-refractivity contribution >= 4 is 21.9 Å². The van der Waals surface area contributed by atoms with Gasteiger partial charge in [0.15, 0.2) is 0 Å². The molecular weight excluding hydrogens is 320 g/mol. The van der Waals surface area contributed by atoms with Crippen molar-refractivity contribution < 1.29 is 23.4 Å². The molecule has 0 amide bonds. The van der Waals surface area contributed by atoms with Gasteiger partial charge in [0.2, 0.25) is 11.5 Å². The third-order valence-corrected chi connectivity index (χ3v) is 2.37. The molecule has 0 aliphatic rings. The van der Waals surface area contributed by atoms with Crippen molar-refractivity contribution in [3.8, 4) is 5.75 Å². The molecule has 0 atom stereocenters. The number of halogens is 1. The quantitative estimate of drug-likeness (QED) is 0.606. The predicted octanol–water partition coefficient (Wildman–Crippen LogP) is 2.24. The smallest absolute Gasteiger partial charge is 0.380 e. The second-order valence-corrected chi connectivity index (χ2v) is 3.76. The highest BCUT2D eigenvalue weighted by Crippen LogP contribution is 2.22. The molecule has 19 heavy (non-hydrogen) atoms. The molecule has 0 radical (unpaired) electrons. The van der Waals surface area contributed by atoms with Crippen LogP contribution in [0.4, 0.5) is 0 Å². The van der Waals surface area contributed by atoms with E-state index in [1.807, 2.05) is 13.8 Å². The van der Waals surface area contributed by atoms with Crippen LogP contribution in [-0.2, 0) is 9.47 Å². The molecule has 0 fully saturated rings. The van der Waals surface area contributed by atoms with Crippen molar-refractivity contribution in [3.63, 3.8) is 0 Å². The highest BCUT2D eigenvalue weighted by Gasteiger charge is 2.16. The van der Waals surface area contributed by atoms with E-state index < -0.39 is 11.6 Å². The number of ether oxygens (including phenoxy) is 3. The Hall–Kier alpha value is -1.34. The fourth-order valence-electron chi connectivity index (χ4n) is 1.01. The van der Waals surface area contributed by atoms with Crippen LogP contribution in [0, 0.1) is 0 Å². The summed E-state index contributed by atoms with van der Waals surface area (Å²) < 4.78 is 19.4. The number of rotatable bonds is 5. The molecule has 0 N–H and O–H groups in total. The Labute approximate surface area is 119 Å². The SMILES string of the molecule is CC.COCCOc1c(Br)cc(C(=O)OC)oc1=O. The monoisotopic (exact) mass is 336 g/mol. The first kappa shape index (κ1) is 17.7. The van der Waals surface area contributed by atoms with Crippen molar-refractivity contribution in [3.05, 3.63) is 26.7 Å². The zero-order valence-electron chi connectivity index (χ0n) is 11.3. The molecule has 0 aromatic carbocycles. The number of hydrogen-bond donors (Lipinski definition) is 0. The second-order valence-electron chi connectivity index (χ2n) is 2.91. The number of methoxy groups -OCH3 is 2. The fraction of sp³-hybridized carbons (Fsp3) is 0.500. The fourth-order valence-corrected chi connectivity index (χ4v) is 1.49. The lowest BCUT2D eigenvalue weighted by atomic mass is 10.4. The van der Waals surface area contributed by atoms with Crippen molar-refractivity contribution in [2.24, 2.45) is 0 Å². The molecule has 1 heterocycles. The average Bonchev–Trinajstić information content (AvgIpc) is 2.43. The van der Waals surface area contributed by atoms with E-state index in [9.17, 15) is 9.59 Å². The third-order valence-electron chi connectivity index (χ3n) is 1.78. The highest BCUT2D eigenvalue weighted by atomic mass is 79.9. The minimum Gasteiger partial charge on any atom is -0.483 e. The van der Waals surface area contributed by atoms with Gasteiger partial charge in [0.1, 0.15) is 6.61 Å². The summed E-state index contributed by atoms with van der Waals surface area (Å²) >= 11 is 3.11. The third kappa shape index (κ3) is 5.44. The largest absolute Gasteiger partial charge is 0.483 e. The summed E-state index contributed by atoms with van der Waals surface area (Å²) in [6.45, 7) is 4.54. The second kappa shape index (κ2) is 9.57. The van der Waals surface area contributed by atoms with Gasteiger partial charge in [0, 0.05) is 13.2 Å². The van der Waals surface area contributed by atoms with Crippen molar-refractivity contribution in [2.45, 2.75) is 13.8 Å². The van der Waals surface area contributed by atoms with Gasteiger partial charge in [-0.25, -0.2) is 9.59 Å². The maximum Gasteiger partial charge on any atom is 0.380 e. The molecular formula is C12H17BrO6. The van der Waals surface area contributed by atoms with Crippen LogP contribution in [0.3, 0.4) is 0 Å². The number of carbonyl (C=O) groups excluding carboxylic acids is 1. The first-order chi connectivity index (χ1) is 9.10. The van der Waals surface area contributed by atoms with Gasteiger partial charge in [-0.3, -0.25) is 0 Å². The summed E-state index contributed by atoms with van der Waals surface area (Å²) in [7, 11) is 2.71. The molecule has 0 saturated heterocycles. The van der Waals surface area contributed by atoms with Gasteiger partial charge in [-0.1, -0.05) is 13.8 Å². The molecule has 0 aliphatic heterocycles. The zero-order valence-corrected chi connectivity index (χ0v) is 12.9. The first-order valence-corrected chi connectivity index (χ1v) is 6.43. The Morgan fingerprint density at radius 2 is 1.95 bits per heavy atom. The van der Waals surface area contributed by atoms with Crippen LogP contribution in [0.2, 0.25) is 0 Å². The predicted molar refractivity (Wildman–Crippen MR) is 72.7 cm³/mol. The van der Waals surface area contributed by atoms with Crippen LogP contribution in [0.25, 0.3) is 0 Å². The van der Waals surface area contributed by atoms with Gasteiger partial charge in [-0.05, 0) is 15.9 Å². The van der Waals surface area contributed by atoms with Gasteiger partial charge in [-0.2, -0.15) is 0 Å². The van der Waals surface area contributed by atoms with Crippen LogP contribution in [0.5, 0.6) is 5.75 Å². The topological polar surface area (TPSA) is 75.0 Å². The summed E-state index contributed by atoms with van der Waals surface area (Å²) in [5.41, 5.74) is -0.754. The zero-order chi connectivity index (χ0) is 14.8. The van der Waals surface area contributed by atoms with Crippen LogP contribution in [-0.4, -0.2) is 33.4 Å². The molecule has 7 heteroatoms. The molecule has 108 valence electrons. The van der Waals surface area contributed by atoms with E-state index >= 15 is 0 Å². The van der Waals surface area contributed by atoms with Crippen LogP contribution < -0.4 is 10.4 Å². The maximum absolute atomic E-state index is 11.5. The first-order valence-electron chi connectivity index (χ1n) is 5.63. The van der Waals surface area contributed by atoms with E-state index in [4.69, 9.17) is 13.9 Å². The van der Waals surface area contributed by atoms with Gasteiger partial charge in [0.05, 0.1) is 18.2 Å². The van der Waals surface area contributed by atoms with E-state index in [-0.39, 0.29) is 18.1 Å². The Morgan fingerprint density at radius 1 is 1.32 bits per heavy atom. The summed E-state index contributed by atoms with van der Waals surface area (Å²) in [5.74, 6) is -0.926. The summed E-state index contributed by atoms with van der Waals surface area (Å²) in [6.07, 6.45) is 0. The molecule has 0 unspecified atom stereocenters. The van der Waals surface area contributed by atoms with Crippen molar-refractivity contribution in [1.82, 2.24) is 0 Å². The summed E-state index contributed by atoms with van der Waals surface area (Å²) in [6, 6.07) is 1.31. The van der Waals surface area contributed by atoms with Gasteiger partial charge >= 0.3 is 11.6 Å². The van der Waals surface area contributed by atoms with Gasteiger partial charge in [-0.15, -0.1) is 0 Å². The maximum atomic E-state index is 11.5. The van der Waals surface area contributed by atoms with Crippen molar-refractivity contribution in [2.75, 3.05) is 27.4 Å². The summed E-state index contributed by atoms with van der Waals surface area (Å²) in [4.78, 5) is 22.7. The van der Waals surface area contributed by atoms with E-state index in [1.54, 1.807) is 0 Å². The van der Waals surface area contributed by atoms with E-state index in [2.05, 4.69) is 20.7 Å². The van der Waals surface area contributed by atoms with Gasteiger partial charge in [0.25, 0.3) is 0 Å². The molecule has 1 aromatic heterocycles. The Morgan fingerprint density at radius 3 is 2.42 bits per heavy atom. The number of carbonyl (C=O) groups is 1. The van der Waals surface area contributed by atoms with Crippen molar-refractivity contribution in [1.29, 1.82) is 0 Å². The Balaban J connectivity index is 0.00000154. The number of esters is 1. The van der Waals surface area contributed by atoms with Crippen LogP contribution in [0.1, 0.15) is 24.4 Å².